The Kier molecular flexibility index (Phi) is 7.86. The van der Waals surface area contributed by atoms with Crippen LogP contribution in [0.1, 0.15) is 32.1 Å². The third-order valence-electron chi connectivity index (χ3n) is 3.35. The highest BCUT2D eigenvalue weighted by molar-refractivity contribution is 7.87. The summed E-state index contributed by atoms with van der Waals surface area (Å²) in [6, 6.07) is 0. The fourth-order valence-corrected chi connectivity index (χ4v) is 3.09. The summed E-state index contributed by atoms with van der Waals surface area (Å²) < 4.78 is 33.3. The van der Waals surface area contributed by atoms with Gasteiger partial charge in [0.15, 0.2) is 0 Å². The zero-order valence-electron chi connectivity index (χ0n) is 12.0. The Bertz CT molecular complexity index is 329. The second kappa shape index (κ2) is 8.86. The van der Waals surface area contributed by atoms with Gasteiger partial charge in [0.05, 0.1) is 12.7 Å². The van der Waals surface area contributed by atoms with E-state index in [9.17, 15) is 8.42 Å². The van der Waals surface area contributed by atoms with Crippen LogP contribution in [0, 0.1) is 0 Å². The number of nitrogens with one attached hydrogen (secondary N) is 2. The minimum atomic E-state index is -3.36. The molecule has 0 unspecified atom stereocenters. The van der Waals surface area contributed by atoms with Gasteiger partial charge in [-0.2, -0.15) is 17.4 Å². The molecular formula is C12H27N3O3S. The van der Waals surface area contributed by atoms with E-state index in [-0.39, 0.29) is 0 Å². The van der Waals surface area contributed by atoms with E-state index in [1.807, 2.05) is 7.05 Å². The third-order valence-corrected chi connectivity index (χ3v) is 4.92. The Morgan fingerprint density at radius 3 is 2.58 bits per heavy atom. The summed E-state index contributed by atoms with van der Waals surface area (Å²) in [5.41, 5.74) is 0. The molecule has 0 atom stereocenters. The quantitative estimate of drug-likeness (QED) is 0.569. The Hall–Kier alpha value is -0.210. The van der Waals surface area contributed by atoms with Crippen molar-refractivity contribution in [3.8, 4) is 0 Å². The molecule has 2 N–H and O–H groups in total. The highest BCUT2D eigenvalue weighted by Crippen LogP contribution is 2.20. The van der Waals surface area contributed by atoms with Crippen LogP contribution in [-0.2, 0) is 14.9 Å². The highest BCUT2D eigenvalue weighted by atomic mass is 32.2. The second-order valence-corrected chi connectivity index (χ2v) is 6.82. The van der Waals surface area contributed by atoms with Crippen molar-refractivity contribution in [1.82, 2.24) is 14.3 Å². The first-order valence-electron chi connectivity index (χ1n) is 7.03. The SMILES string of the molecule is CNCCCN(C)S(=O)(=O)NCCOC1CCCC1. The molecule has 1 aliphatic rings. The molecule has 0 spiro atoms. The van der Waals surface area contributed by atoms with Crippen molar-refractivity contribution in [2.24, 2.45) is 0 Å². The van der Waals surface area contributed by atoms with Gasteiger partial charge in [0, 0.05) is 20.1 Å². The van der Waals surface area contributed by atoms with Gasteiger partial charge in [-0.05, 0) is 32.9 Å². The lowest BCUT2D eigenvalue weighted by Gasteiger charge is -2.18. The van der Waals surface area contributed by atoms with E-state index in [0.29, 0.717) is 25.8 Å². The van der Waals surface area contributed by atoms with E-state index in [0.717, 1.165) is 25.8 Å². The summed E-state index contributed by atoms with van der Waals surface area (Å²) >= 11 is 0. The number of hydrogen-bond donors (Lipinski definition) is 2. The van der Waals surface area contributed by atoms with Crippen LogP contribution in [0.4, 0.5) is 0 Å². The normalized spacial score (nSPS) is 17.4. The van der Waals surface area contributed by atoms with Gasteiger partial charge >= 0.3 is 0 Å². The lowest BCUT2D eigenvalue weighted by Crippen LogP contribution is -2.40. The number of hydrogen-bond acceptors (Lipinski definition) is 4. The maximum atomic E-state index is 11.9. The first kappa shape index (κ1) is 16.8. The molecule has 114 valence electrons. The fourth-order valence-electron chi connectivity index (χ4n) is 2.16. The van der Waals surface area contributed by atoms with E-state index in [2.05, 4.69) is 10.0 Å². The molecule has 0 bridgehead atoms. The third kappa shape index (κ3) is 6.67. The summed E-state index contributed by atoms with van der Waals surface area (Å²) in [6.45, 7) is 2.12. The molecule has 0 aromatic heterocycles. The molecule has 0 heterocycles. The Morgan fingerprint density at radius 2 is 1.95 bits per heavy atom. The summed E-state index contributed by atoms with van der Waals surface area (Å²) in [4.78, 5) is 0. The van der Waals surface area contributed by atoms with Gasteiger partial charge in [-0.15, -0.1) is 0 Å². The van der Waals surface area contributed by atoms with Crippen molar-refractivity contribution in [2.75, 3.05) is 40.3 Å². The Balaban J connectivity index is 2.14. The topological polar surface area (TPSA) is 70.7 Å². The Morgan fingerprint density at radius 1 is 1.26 bits per heavy atom. The van der Waals surface area contributed by atoms with Crippen molar-refractivity contribution in [3.63, 3.8) is 0 Å². The molecule has 0 aliphatic heterocycles. The van der Waals surface area contributed by atoms with Crippen molar-refractivity contribution < 1.29 is 13.2 Å². The van der Waals surface area contributed by atoms with Gasteiger partial charge in [0.1, 0.15) is 0 Å². The largest absolute Gasteiger partial charge is 0.377 e. The van der Waals surface area contributed by atoms with Gasteiger partial charge in [0.2, 0.25) is 0 Å². The van der Waals surface area contributed by atoms with Crippen LogP contribution in [0.2, 0.25) is 0 Å². The van der Waals surface area contributed by atoms with Crippen LogP contribution in [0.5, 0.6) is 0 Å². The van der Waals surface area contributed by atoms with Crippen molar-refractivity contribution >= 4 is 10.2 Å². The van der Waals surface area contributed by atoms with E-state index < -0.39 is 10.2 Å². The molecule has 7 heteroatoms. The molecule has 1 saturated carbocycles. The summed E-state index contributed by atoms with van der Waals surface area (Å²) in [5, 5.41) is 3.00. The maximum absolute atomic E-state index is 11.9. The minimum Gasteiger partial charge on any atom is -0.377 e. The molecular weight excluding hydrogens is 266 g/mol. The number of ether oxygens (including phenoxy) is 1. The molecule has 6 nitrogen and oxygen atoms in total. The molecule has 0 saturated heterocycles. The van der Waals surface area contributed by atoms with Gasteiger partial charge < -0.3 is 10.1 Å². The molecule has 0 radical (unpaired) electrons. The summed E-state index contributed by atoms with van der Waals surface area (Å²) in [7, 11) is 0.0864. The van der Waals surface area contributed by atoms with Crippen LogP contribution in [0.15, 0.2) is 0 Å². The van der Waals surface area contributed by atoms with Crippen molar-refractivity contribution in [1.29, 1.82) is 0 Å². The summed E-state index contributed by atoms with van der Waals surface area (Å²) in [6.07, 6.45) is 5.80. The number of rotatable bonds is 10. The Labute approximate surface area is 117 Å². The van der Waals surface area contributed by atoms with E-state index in [1.165, 1.54) is 17.1 Å². The lowest BCUT2D eigenvalue weighted by atomic mass is 10.3. The van der Waals surface area contributed by atoms with E-state index in [1.54, 1.807) is 7.05 Å². The molecule has 19 heavy (non-hydrogen) atoms. The average Bonchev–Trinajstić information content (AvgIpc) is 2.88. The zero-order chi connectivity index (χ0) is 14.1. The van der Waals surface area contributed by atoms with Crippen LogP contribution in [0.25, 0.3) is 0 Å². The minimum absolute atomic E-state index is 0.331. The smallest absolute Gasteiger partial charge is 0.279 e. The molecule has 1 fully saturated rings. The highest BCUT2D eigenvalue weighted by Gasteiger charge is 2.18. The standard InChI is InChI=1S/C12H27N3O3S/c1-13-8-5-10-15(2)19(16,17)14-9-11-18-12-6-3-4-7-12/h12-14H,3-11H2,1-2H3. The van der Waals surface area contributed by atoms with Crippen LogP contribution < -0.4 is 10.0 Å². The van der Waals surface area contributed by atoms with Crippen LogP contribution >= 0.6 is 0 Å². The molecule has 0 aromatic rings. The predicted octanol–water partition coefficient (Wildman–Crippen LogP) is 0.321. The van der Waals surface area contributed by atoms with Gasteiger partial charge in [-0.3, -0.25) is 0 Å². The molecule has 0 aromatic carbocycles. The van der Waals surface area contributed by atoms with Crippen LogP contribution in [-0.4, -0.2) is 59.2 Å². The lowest BCUT2D eigenvalue weighted by molar-refractivity contribution is 0.0624. The van der Waals surface area contributed by atoms with Crippen molar-refractivity contribution in [3.05, 3.63) is 0 Å². The first-order chi connectivity index (χ1) is 9.06. The molecule has 1 rings (SSSR count). The maximum Gasteiger partial charge on any atom is 0.279 e. The van der Waals surface area contributed by atoms with E-state index >= 15 is 0 Å². The van der Waals surface area contributed by atoms with Crippen molar-refractivity contribution in [2.45, 2.75) is 38.2 Å². The molecule has 0 amide bonds. The van der Waals surface area contributed by atoms with Crippen LogP contribution in [0.3, 0.4) is 0 Å². The second-order valence-electron chi connectivity index (χ2n) is 4.96. The zero-order valence-corrected chi connectivity index (χ0v) is 12.8. The average molecular weight is 293 g/mol. The first-order valence-corrected chi connectivity index (χ1v) is 8.47. The van der Waals surface area contributed by atoms with Gasteiger partial charge in [0.25, 0.3) is 10.2 Å². The summed E-state index contributed by atoms with van der Waals surface area (Å²) in [5.74, 6) is 0. The fraction of sp³-hybridized carbons (Fsp3) is 1.00. The molecule has 1 aliphatic carbocycles. The van der Waals surface area contributed by atoms with E-state index in [4.69, 9.17) is 4.74 Å². The number of nitrogens with zero attached hydrogens (tertiary/aromatic N) is 1. The predicted molar refractivity (Wildman–Crippen MR) is 76.3 cm³/mol. The van der Waals surface area contributed by atoms with Gasteiger partial charge in [-0.1, -0.05) is 12.8 Å². The monoisotopic (exact) mass is 293 g/mol. The van der Waals surface area contributed by atoms with Gasteiger partial charge in [-0.25, -0.2) is 0 Å².